The zero-order chi connectivity index (χ0) is 20.4. The summed E-state index contributed by atoms with van der Waals surface area (Å²) in [6.45, 7) is 0.463. The topological polar surface area (TPSA) is 116 Å². The quantitative estimate of drug-likeness (QED) is 0.169. The summed E-state index contributed by atoms with van der Waals surface area (Å²) >= 11 is 0. The molecule has 3 N–H and O–H groups in total. The highest BCUT2D eigenvalue weighted by atomic mass is 16.5. The van der Waals surface area contributed by atoms with Crippen LogP contribution in [0, 0.1) is 11.5 Å². The summed E-state index contributed by atoms with van der Waals surface area (Å²) < 4.78 is 4.56. The molecule has 1 amide bonds. The van der Waals surface area contributed by atoms with Crippen molar-refractivity contribution in [3.05, 3.63) is 35.9 Å². The zero-order valence-corrected chi connectivity index (χ0v) is 16.3. The summed E-state index contributed by atoms with van der Waals surface area (Å²) in [6, 6.07) is 10.3. The first-order valence-electron chi connectivity index (χ1n) is 9.30. The van der Waals surface area contributed by atoms with E-state index < -0.39 is 5.97 Å². The van der Waals surface area contributed by atoms with E-state index in [4.69, 9.17) is 5.26 Å². The molecule has 1 saturated carbocycles. The molecule has 28 heavy (non-hydrogen) atoms. The van der Waals surface area contributed by atoms with Crippen LogP contribution < -0.4 is 16.0 Å². The third-order valence-electron chi connectivity index (χ3n) is 5.22. The van der Waals surface area contributed by atoms with Crippen LogP contribution in [0.5, 0.6) is 0 Å². The maximum absolute atomic E-state index is 12.1. The summed E-state index contributed by atoms with van der Waals surface area (Å²) in [5, 5.41) is 17.5. The van der Waals surface area contributed by atoms with Gasteiger partial charge in [0.25, 0.3) is 0 Å². The number of methoxy groups -OCH3 is 1. The van der Waals surface area contributed by atoms with Crippen LogP contribution in [-0.2, 0) is 19.7 Å². The van der Waals surface area contributed by atoms with Crippen molar-refractivity contribution >= 4 is 17.8 Å². The minimum atomic E-state index is -0.546. The van der Waals surface area contributed by atoms with Gasteiger partial charge in [0.05, 0.1) is 7.11 Å². The Kier molecular flexibility index (Phi) is 7.81. The number of nitriles is 1. The van der Waals surface area contributed by atoms with E-state index in [1.54, 1.807) is 7.05 Å². The Hall–Kier alpha value is -3.08. The lowest BCUT2D eigenvalue weighted by Gasteiger charge is -2.41. The molecule has 0 unspecified atom stereocenters. The second-order valence-corrected chi connectivity index (χ2v) is 6.90. The van der Waals surface area contributed by atoms with Gasteiger partial charge in [0.1, 0.15) is 6.42 Å². The van der Waals surface area contributed by atoms with Crippen LogP contribution >= 0.6 is 0 Å². The molecule has 1 aliphatic rings. The average Bonchev–Trinajstić information content (AvgIpc) is 2.73. The summed E-state index contributed by atoms with van der Waals surface area (Å²) in [4.78, 5) is 27.4. The highest BCUT2D eigenvalue weighted by molar-refractivity contribution is 5.94. The lowest BCUT2D eigenvalue weighted by Crippen LogP contribution is -2.49. The van der Waals surface area contributed by atoms with E-state index in [0.29, 0.717) is 12.5 Å². The molecule has 1 fully saturated rings. The zero-order valence-electron chi connectivity index (χ0n) is 16.3. The number of benzene rings is 1. The summed E-state index contributed by atoms with van der Waals surface area (Å²) in [7, 11) is 2.89. The molecule has 0 aliphatic heterocycles. The van der Waals surface area contributed by atoms with Crippen LogP contribution in [0.4, 0.5) is 0 Å². The Morgan fingerprint density at radius 1 is 1.29 bits per heavy atom. The minimum absolute atomic E-state index is 0.196. The van der Waals surface area contributed by atoms with Crippen LogP contribution in [0.15, 0.2) is 35.3 Å². The van der Waals surface area contributed by atoms with E-state index >= 15 is 0 Å². The van der Waals surface area contributed by atoms with Crippen LogP contribution in [0.25, 0.3) is 0 Å². The Labute approximate surface area is 165 Å². The SMILES string of the molecule is CN=C(NC#N)NC1CCC(CNC(=O)CC(=O)OC)(c2ccccc2)CC1. The summed E-state index contributed by atoms with van der Waals surface area (Å²) in [5.74, 6) is -0.414. The van der Waals surface area contributed by atoms with E-state index in [-0.39, 0.29) is 23.8 Å². The van der Waals surface area contributed by atoms with Crippen molar-refractivity contribution in [1.82, 2.24) is 16.0 Å². The number of carbonyl (C=O) groups excluding carboxylic acids is 2. The van der Waals surface area contributed by atoms with Gasteiger partial charge in [-0.15, -0.1) is 0 Å². The molecule has 150 valence electrons. The highest BCUT2D eigenvalue weighted by Crippen LogP contribution is 2.39. The van der Waals surface area contributed by atoms with Crippen molar-refractivity contribution in [3.63, 3.8) is 0 Å². The van der Waals surface area contributed by atoms with Crippen LogP contribution in [0.3, 0.4) is 0 Å². The van der Waals surface area contributed by atoms with Crippen molar-refractivity contribution in [1.29, 1.82) is 5.26 Å². The van der Waals surface area contributed by atoms with Crippen molar-refractivity contribution < 1.29 is 14.3 Å². The van der Waals surface area contributed by atoms with Crippen molar-refractivity contribution in [3.8, 4) is 6.19 Å². The lowest BCUT2D eigenvalue weighted by atomic mass is 9.68. The molecule has 0 radical (unpaired) electrons. The van der Waals surface area contributed by atoms with E-state index in [2.05, 4.69) is 37.8 Å². The Morgan fingerprint density at radius 2 is 1.96 bits per heavy atom. The standard InChI is InChI=1S/C20H27N5O3/c1-22-19(24-14-21)25-16-8-10-20(11-9-16,15-6-4-3-5-7-15)13-23-17(26)12-18(27)28-2/h3-7,16H,8-13H2,1-2H3,(H,23,26)(H2,22,24,25). The average molecular weight is 385 g/mol. The molecular formula is C20H27N5O3. The van der Waals surface area contributed by atoms with Gasteiger partial charge in [-0.2, -0.15) is 5.26 Å². The molecular weight excluding hydrogens is 358 g/mol. The molecule has 0 heterocycles. The predicted molar refractivity (Wildman–Crippen MR) is 105 cm³/mol. The van der Waals surface area contributed by atoms with Crippen molar-refractivity contribution in [2.45, 2.75) is 43.6 Å². The number of hydrogen-bond donors (Lipinski definition) is 3. The Bertz CT molecular complexity index is 734. The van der Waals surface area contributed by atoms with E-state index in [9.17, 15) is 9.59 Å². The number of esters is 1. The van der Waals surface area contributed by atoms with E-state index in [1.165, 1.54) is 12.7 Å². The van der Waals surface area contributed by atoms with Gasteiger partial charge in [-0.25, -0.2) is 0 Å². The highest BCUT2D eigenvalue weighted by Gasteiger charge is 2.37. The molecule has 8 nitrogen and oxygen atoms in total. The fraction of sp³-hybridized carbons (Fsp3) is 0.500. The number of hydrogen-bond acceptors (Lipinski definition) is 5. The second kappa shape index (κ2) is 10.3. The number of ether oxygens (including phenoxy) is 1. The number of rotatable bonds is 6. The third kappa shape index (κ3) is 5.71. The number of aliphatic imine (C=N–C) groups is 1. The number of nitrogens with zero attached hydrogens (tertiary/aromatic N) is 2. The summed E-state index contributed by atoms with van der Waals surface area (Å²) in [5.41, 5.74) is 0.976. The van der Waals surface area contributed by atoms with Gasteiger partial charge in [0, 0.05) is 25.0 Å². The molecule has 0 saturated heterocycles. The number of guanidine groups is 1. The molecule has 1 aromatic carbocycles. The van der Waals surface area contributed by atoms with Crippen molar-refractivity contribution in [2.75, 3.05) is 20.7 Å². The molecule has 8 heteroatoms. The maximum Gasteiger partial charge on any atom is 0.315 e. The smallest absolute Gasteiger partial charge is 0.315 e. The monoisotopic (exact) mass is 385 g/mol. The predicted octanol–water partition coefficient (Wildman–Crippen LogP) is 1.19. The minimum Gasteiger partial charge on any atom is -0.469 e. The molecule has 0 aromatic heterocycles. The molecule has 0 bridgehead atoms. The first-order valence-corrected chi connectivity index (χ1v) is 9.30. The van der Waals surface area contributed by atoms with Gasteiger partial charge in [-0.1, -0.05) is 30.3 Å². The van der Waals surface area contributed by atoms with Gasteiger partial charge in [-0.3, -0.25) is 19.9 Å². The third-order valence-corrected chi connectivity index (χ3v) is 5.22. The number of amides is 1. The first kappa shape index (κ1) is 21.2. The van der Waals surface area contributed by atoms with E-state index in [0.717, 1.165) is 25.7 Å². The molecule has 2 rings (SSSR count). The van der Waals surface area contributed by atoms with Crippen LogP contribution in [0.2, 0.25) is 0 Å². The molecule has 0 atom stereocenters. The van der Waals surface area contributed by atoms with E-state index in [1.807, 2.05) is 24.4 Å². The first-order chi connectivity index (χ1) is 13.5. The van der Waals surface area contributed by atoms with Crippen molar-refractivity contribution in [2.24, 2.45) is 4.99 Å². The normalized spacial score (nSPS) is 21.9. The summed E-state index contributed by atoms with van der Waals surface area (Å²) in [6.07, 6.45) is 5.05. The van der Waals surface area contributed by atoms with Gasteiger partial charge in [0.15, 0.2) is 6.19 Å². The number of carbonyl (C=O) groups is 2. The Balaban J connectivity index is 2.05. The van der Waals surface area contributed by atoms with Gasteiger partial charge < -0.3 is 15.4 Å². The maximum atomic E-state index is 12.1. The van der Waals surface area contributed by atoms with Crippen LogP contribution in [0.1, 0.15) is 37.7 Å². The Morgan fingerprint density at radius 3 is 2.54 bits per heavy atom. The van der Waals surface area contributed by atoms with Gasteiger partial charge in [0.2, 0.25) is 11.9 Å². The number of nitrogens with one attached hydrogen (secondary N) is 3. The molecule has 1 aliphatic carbocycles. The van der Waals surface area contributed by atoms with Crippen LogP contribution in [-0.4, -0.2) is 44.6 Å². The molecule has 0 spiro atoms. The lowest BCUT2D eigenvalue weighted by molar-refractivity contribution is -0.143. The molecule has 1 aromatic rings. The second-order valence-electron chi connectivity index (χ2n) is 6.90. The fourth-order valence-electron chi connectivity index (χ4n) is 3.61. The van der Waals surface area contributed by atoms with Gasteiger partial charge >= 0.3 is 5.97 Å². The largest absolute Gasteiger partial charge is 0.469 e. The van der Waals surface area contributed by atoms with Gasteiger partial charge in [-0.05, 0) is 31.2 Å². The fourth-order valence-corrected chi connectivity index (χ4v) is 3.61.